The molecule has 3 rings (SSSR count). The third-order valence-electron chi connectivity index (χ3n) is 5.20. The second kappa shape index (κ2) is 9.95. The van der Waals surface area contributed by atoms with E-state index in [-0.39, 0.29) is 35.1 Å². The number of alkyl halides is 3. The molecule has 0 unspecified atom stereocenters. The van der Waals surface area contributed by atoms with Crippen molar-refractivity contribution in [3.05, 3.63) is 52.1 Å². The SMILES string of the molecule is CN(CC(=O)Nc1ccccc1Cl)C(=O)C1CCN(c2ncc(C(F)(F)F)cc2Cl)CC1. The highest BCUT2D eigenvalue weighted by molar-refractivity contribution is 6.33. The standard InChI is InChI=1S/C21H21Cl2F3N4O2/c1-29(12-18(31)28-17-5-3-2-4-15(17)22)20(32)13-6-8-30(9-7-13)19-16(23)10-14(11-27-19)21(24,25)26/h2-5,10-11,13H,6-9,12H2,1H3,(H,28,31). The highest BCUT2D eigenvalue weighted by Gasteiger charge is 2.33. The van der Waals surface area contributed by atoms with Crippen molar-refractivity contribution in [1.29, 1.82) is 0 Å². The molecule has 2 heterocycles. The lowest BCUT2D eigenvalue weighted by Crippen LogP contribution is -2.43. The van der Waals surface area contributed by atoms with Crippen LogP contribution in [0.15, 0.2) is 36.5 Å². The van der Waals surface area contributed by atoms with Crippen molar-refractivity contribution in [2.75, 3.05) is 36.9 Å². The van der Waals surface area contributed by atoms with E-state index in [1.54, 1.807) is 36.2 Å². The third kappa shape index (κ3) is 5.83. The monoisotopic (exact) mass is 488 g/mol. The first-order valence-electron chi connectivity index (χ1n) is 9.83. The maximum atomic E-state index is 12.8. The molecule has 32 heavy (non-hydrogen) atoms. The molecule has 0 atom stereocenters. The second-order valence-electron chi connectivity index (χ2n) is 7.51. The second-order valence-corrected chi connectivity index (χ2v) is 8.33. The van der Waals surface area contributed by atoms with Gasteiger partial charge in [-0.05, 0) is 31.0 Å². The Labute approximate surface area is 193 Å². The predicted octanol–water partition coefficient (Wildman–Crippen LogP) is 4.72. The van der Waals surface area contributed by atoms with Gasteiger partial charge in [0.25, 0.3) is 0 Å². The van der Waals surface area contributed by atoms with Crippen LogP contribution in [0.25, 0.3) is 0 Å². The molecule has 1 aromatic heterocycles. The van der Waals surface area contributed by atoms with Gasteiger partial charge in [0.15, 0.2) is 0 Å². The molecular weight excluding hydrogens is 468 g/mol. The molecule has 1 aliphatic rings. The smallest absolute Gasteiger partial charge is 0.355 e. The number of rotatable bonds is 5. The van der Waals surface area contributed by atoms with Gasteiger partial charge in [0.1, 0.15) is 5.82 Å². The number of pyridine rings is 1. The molecular formula is C21H21Cl2F3N4O2. The zero-order valence-electron chi connectivity index (χ0n) is 17.1. The summed E-state index contributed by atoms with van der Waals surface area (Å²) >= 11 is 12.0. The summed E-state index contributed by atoms with van der Waals surface area (Å²) in [5.74, 6) is -0.590. The van der Waals surface area contributed by atoms with Crippen LogP contribution in [0.4, 0.5) is 24.7 Å². The van der Waals surface area contributed by atoms with Gasteiger partial charge in [-0.1, -0.05) is 35.3 Å². The molecule has 0 aliphatic carbocycles. The van der Waals surface area contributed by atoms with Crippen molar-refractivity contribution < 1.29 is 22.8 Å². The van der Waals surface area contributed by atoms with E-state index in [4.69, 9.17) is 23.2 Å². The lowest BCUT2D eigenvalue weighted by Gasteiger charge is -2.34. The van der Waals surface area contributed by atoms with Crippen molar-refractivity contribution in [3.8, 4) is 0 Å². The maximum absolute atomic E-state index is 12.8. The van der Waals surface area contributed by atoms with E-state index >= 15 is 0 Å². The normalized spacial score (nSPS) is 14.9. The molecule has 0 radical (unpaired) electrons. The van der Waals surface area contributed by atoms with Crippen LogP contribution in [-0.2, 0) is 15.8 Å². The summed E-state index contributed by atoms with van der Waals surface area (Å²) in [5.41, 5.74) is -0.442. The number of halogens is 5. The number of carbonyl (C=O) groups is 2. The Balaban J connectivity index is 1.54. The van der Waals surface area contributed by atoms with Crippen LogP contribution in [0.1, 0.15) is 18.4 Å². The van der Waals surface area contributed by atoms with Gasteiger partial charge >= 0.3 is 6.18 Å². The Hall–Kier alpha value is -2.52. The minimum Gasteiger partial charge on any atom is -0.355 e. The molecule has 0 spiro atoms. The first-order valence-corrected chi connectivity index (χ1v) is 10.6. The third-order valence-corrected chi connectivity index (χ3v) is 5.81. The number of nitrogens with one attached hydrogen (secondary N) is 1. The number of aromatic nitrogens is 1. The summed E-state index contributed by atoms with van der Waals surface area (Å²) in [4.78, 5) is 32.0. The Morgan fingerprint density at radius 2 is 1.84 bits per heavy atom. The van der Waals surface area contributed by atoms with Gasteiger partial charge in [0.05, 0.1) is 27.8 Å². The number of benzene rings is 1. The van der Waals surface area contributed by atoms with E-state index in [0.717, 1.165) is 12.3 Å². The largest absolute Gasteiger partial charge is 0.417 e. The maximum Gasteiger partial charge on any atom is 0.417 e. The number of piperidine rings is 1. The van der Waals surface area contributed by atoms with Crippen LogP contribution in [0, 0.1) is 5.92 Å². The van der Waals surface area contributed by atoms with Gasteiger partial charge in [-0.3, -0.25) is 9.59 Å². The molecule has 11 heteroatoms. The fourth-order valence-corrected chi connectivity index (χ4v) is 3.98. The number of likely N-dealkylation sites (N-methyl/N-ethyl adjacent to an activating group) is 1. The minimum absolute atomic E-state index is 0.0852. The molecule has 0 saturated carbocycles. The van der Waals surface area contributed by atoms with Gasteiger partial charge in [-0.25, -0.2) is 4.98 Å². The number of hydrogen-bond acceptors (Lipinski definition) is 4. The van der Waals surface area contributed by atoms with Crippen LogP contribution < -0.4 is 10.2 Å². The molecule has 6 nitrogen and oxygen atoms in total. The van der Waals surface area contributed by atoms with Crippen molar-refractivity contribution in [2.24, 2.45) is 5.92 Å². The van der Waals surface area contributed by atoms with Gasteiger partial charge in [0, 0.05) is 32.3 Å². The Morgan fingerprint density at radius 1 is 1.19 bits per heavy atom. The van der Waals surface area contributed by atoms with Gasteiger partial charge in [-0.2, -0.15) is 13.2 Å². The van der Waals surface area contributed by atoms with Crippen molar-refractivity contribution >= 4 is 46.5 Å². The average Bonchev–Trinajstić information content (AvgIpc) is 2.74. The first kappa shape index (κ1) is 24.1. The highest BCUT2D eigenvalue weighted by Crippen LogP contribution is 2.34. The van der Waals surface area contributed by atoms with Crippen LogP contribution in [0.5, 0.6) is 0 Å². The van der Waals surface area contributed by atoms with E-state index in [1.165, 1.54) is 4.90 Å². The van der Waals surface area contributed by atoms with Crippen molar-refractivity contribution in [3.63, 3.8) is 0 Å². The van der Waals surface area contributed by atoms with Crippen LogP contribution >= 0.6 is 23.2 Å². The van der Waals surface area contributed by atoms with E-state index < -0.39 is 11.7 Å². The lowest BCUT2D eigenvalue weighted by molar-refractivity contribution is -0.138. The number of nitrogens with zero attached hydrogens (tertiary/aromatic N) is 3. The van der Waals surface area contributed by atoms with Crippen LogP contribution in [0.3, 0.4) is 0 Å². The number of amides is 2. The molecule has 1 aliphatic heterocycles. The topological polar surface area (TPSA) is 65.5 Å². The van der Waals surface area contributed by atoms with Gasteiger partial charge in [0.2, 0.25) is 11.8 Å². The van der Waals surface area contributed by atoms with Gasteiger partial charge < -0.3 is 15.1 Å². The lowest BCUT2D eigenvalue weighted by atomic mass is 9.95. The fraction of sp³-hybridized carbons (Fsp3) is 0.381. The zero-order chi connectivity index (χ0) is 23.5. The molecule has 1 N–H and O–H groups in total. The molecule has 172 valence electrons. The summed E-state index contributed by atoms with van der Waals surface area (Å²) in [6, 6.07) is 7.65. The van der Waals surface area contributed by atoms with E-state index in [9.17, 15) is 22.8 Å². The molecule has 1 fully saturated rings. The Kier molecular flexibility index (Phi) is 7.51. The predicted molar refractivity (Wildman–Crippen MR) is 117 cm³/mol. The van der Waals surface area contributed by atoms with Crippen molar-refractivity contribution in [2.45, 2.75) is 19.0 Å². The summed E-state index contributed by atoms with van der Waals surface area (Å²) in [6.45, 7) is 0.693. The van der Waals surface area contributed by atoms with E-state index in [0.29, 0.717) is 36.6 Å². The number of para-hydroxylation sites is 1. The van der Waals surface area contributed by atoms with Crippen LogP contribution in [-0.4, -0.2) is 48.4 Å². The zero-order valence-corrected chi connectivity index (χ0v) is 18.6. The Bertz CT molecular complexity index is 995. The van der Waals surface area contributed by atoms with E-state index in [2.05, 4.69) is 10.3 Å². The summed E-state index contributed by atoms with van der Waals surface area (Å²) in [5, 5.41) is 2.99. The summed E-state index contributed by atoms with van der Waals surface area (Å²) in [6.07, 6.45) is -2.83. The fourth-order valence-electron chi connectivity index (χ4n) is 3.51. The first-order chi connectivity index (χ1) is 15.1. The number of anilines is 2. The molecule has 1 saturated heterocycles. The summed E-state index contributed by atoms with van der Waals surface area (Å²) in [7, 11) is 1.55. The summed E-state index contributed by atoms with van der Waals surface area (Å²) < 4.78 is 38.4. The Morgan fingerprint density at radius 3 is 2.44 bits per heavy atom. The molecule has 2 aromatic rings. The molecule has 0 bridgehead atoms. The number of hydrogen-bond donors (Lipinski definition) is 1. The van der Waals surface area contributed by atoms with Crippen molar-refractivity contribution in [1.82, 2.24) is 9.88 Å². The van der Waals surface area contributed by atoms with E-state index in [1.807, 2.05) is 0 Å². The highest BCUT2D eigenvalue weighted by atomic mass is 35.5. The minimum atomic E-state index is -4.52. The number of carbonyl (C=O) groups excluding carboxylic acids is 2. The quantitative estimate of drug-likeness (QED) is 0.661. The average molecular weight is 489 g/mol. The molecule has 1 aromatic carbocycles. The van der Waals surface area contributed by atoms with Gasteiger partial charge in [-0.15, -0.1) is 0 Å². The van der Waals surface area contributed by atoms with Crippen LogP contribution in [0.2, 0.25) is 10.0 Å². The molecule has 2 amide bonds.